The van der Waals surface area contributed by atoms with Crippen LogP contribution in [0.25, 0.3) is 0 Å². The summed E-state index contributed by atoms with van der Waals surface area (Å²) in [4.78, 5) is 24.6. The molecule has 1 aliphatic rings. The number of carbonyl (C=O) groups excluding carboxylic acids is 2. The van der Waals surface area contributed by atoms with Crippen LogP contribution in [-0.2, 0) is 26.0 Å². The molecule has 0 aliphatic carbocycles. The average Bonchev–Trinajstić information content (AvgIpc) is 2.78. The number of amides is 2. The summed E-state index contributed by atoms with van der Waals surface area (Å²) in [5.74, 6) is -0.493. The van der Waals surface area contributed by atoms with Crippen LogP contribution in [0.3, 0.4) is 0 Å². The standard InChI is InChI=1S/C20H23N3O6S/c1-28-18-8-3-2-5-15(18)14-19(24)21-22-20(25)16-6-4-7-17(13-16)30(26,27)23-9-11-29-12-10-23/h2-8,13H,9-12,14H2,1H3,(H,21,24)(H,22,25). The van der Waals surface area contributed by atoms with Crippen LogP contribution in [0.4, 0.5) is 0 Å². The minimum absolute atomic E-state index is 0.00967. The first-order valence-corrected chi connectivity index (χ1v) is 10.7. The van der Waals surface area contributed by atoms with Crippen LogP contribution in [-0.4, -0.2) is 58.0 Å². The van der Waals surface area contributed by atoms with Gasteiger partial charge in [-0.3, -0.25) is 20.4 Å². The molecule has 2 aromatic carbocycles. The third kappa shape index (κ3) is 5.15. The summed E-state index contributed by atoms with van der Waals surface area (Å²) < 4.78 is 37.2. The normalized spacial score (nSPS) is 14.7. The monoisotopic (exact) mass is 433 g/mol. The molecule has 3 rings (SSSR count). The van der Waals surface area contributed by atoms with E-state index < -0.39 is 21.8 Å². The van der Waals surface area contributed by atoms with Gasteiger partial charge in [-0.15, -0.1) is 0 Å². The number of nitrogens with one attached hydrogen (secondary N) is 2. The Morgan fingerprint density at radius 2 is 1.80 bits per heavy atom. The summed E-state index contributed by atoms with van der Waals surface area (Å²) in [5, 5.41) is 0. The summed E-state index contributed by atoms with van der Waals surface area (Å²) in [6.45, 7) is 1.19. The number of methoxy groups -OCH3 is 1. The summed E-state index contributed by atoms with van der Waals surface area (Å²) in [5.41, 5.74) is 5.42. The Kier molecular flexibility index (Phi) is 7.03. The van der Waals surface area contributed by atoms with Gasteiger partial charge in [-0.25, -0.2) is 8.42 Å². The first-order valence-electron chi connectivity index (χ1n) is 9.31. The van der Waals surface area contributed by atoms with Crippen LogP contribution in [0.2, 0.25) is 0 Å². The second kappa shape index (κ2) is 9.70. The van der Waals surface area contributed by atoms with Crippen LogP contribution in [0, 0.1) is 0 Å². The molecule has 0 spiro atoms. The molecule has 2 N–H and O–H groups in total. The Labute approximate surface area is 175 Å². The van der Waals surface area contributed by atoms with Gasteiger partial charge >= 0.3 is 0 Å². The maximum absolute atomic E-state index is 12.7. The molecule has 0 aromatic heterocycles. The van der Waals surface area contributed by atoms with E-state index in [4.69, 9.17) is 9.47 Å². The van der Waals surface area contributed by atoms with E-state index in [2.05, 4.69) is 10.9 Å². The van der Waals surface area contributed by atoms with E-state index >= 15 is 0 Å². The minimum atomic E-state index is -3.73. The smallest absolute Gasteiger partial charge is 0.269 e. The van der Waals surface area contributed by atoms with E-state index in [9.17, 15) is 18.0 Å². The molecule has 2 aromatic rings. The third-order valence-corrected chi connectivity index (χ3v) is 6.46. The zero-order chi connectivity index (χ0) is 21.6. The summed E-state index contributed by atoms with van der Waals surface area (Å²) in [6, 6.07) is 12.7. The van der Waals surface area contributed by atoms with Crippen molar-refractivity contribution in [3.05, 3.63) is 59.7 Å². The number of benzene rings is 2. The highest BCUT2D eigenvalue weighted by molar-refractivity contribution is 7.89. The number of hydrazine groups is 1. The summed E-state index contributed by atoms with van der Waals surface area (Å²) in [6.07, 6.45) is 0.00967. The molecule has 160 valence electrons. The van der Waals surface area contributed by atoms with Gasteiger partial charge in [0.25, 0.3) is 5.91 Å². The van der Waals surface area contributed by atoms with Gasteiger partial charge in [-0.2, -0.15) is 4.31 Å². The summed E-state index contributed by atoms with van der Waals surface area (Å²) in [7, 11) is -2.22. The van der Waals surface area contributed by atoms with E-state index in [1.54, 1.807) is 24.3 Å². The summed E-state index contributed by atoms with van der Waals surface area (Å²) >= 11 is 0. The zero-order valence-electron chi connectivity index (χ0n) is 16.5. The fraction of sp³-hybridized carbons (Fsp3) is 0.300. The number of para-hydroxylation sites is 1. The van der Waals surface area contributed by atoms with Crippen molar-refractivity contribution in [1.29, 1.82) is 0 Å². The van der Waals surface area contributed by atoms with E-state index in [0.29, 0.717) is 24.5 Å². The number of carbonyl (C=O) groups is 2. The predicted molar refractivity (Wildman–Crippen MR) is 108 cm³/mol. The SMILES string of the molecule is COc1ccccc1CC(=O)NNC(=O)c1cccc(S(=O)(=O)N2CCOCC2)c1. The van der Waals surface area contributed by atoms with Crippen LogP contribution in [0.15, 0.2) is 53.4 Å². The molecular formula is C20H23N3O6S. The Morgan fingerprint density at radius 3 is 2.53 bits per heavy atom. The van der Waals surface area contributed by atoms with Crippen molar-refractivity contribution in [3.8, 4) is 5.75 Å². The van der Waals surface area contributed by atoms with E-state index in [-0.39, 0.29) is 30.0 Å². The molecule has 0 bridgehead atoms. The van der Waals surface area contributed by atoms with Crippen LogP contribution >= 0.6 is 0 Å². The lowest BCUT2D eigenvalue weighted by Gasteiger charge is -2.26. The second-order valence-corrected chi connectivity index (χ2v) is 8.47. The molecule has 10 heteroatoms. The molecular weight excluding hydrogens is 410 g/mol. The van der Waals surface area contributed by atoms with Crippen molar-refractivity contribution in [3.63, 3.8) is 0 Å². The number of ether oxygens (including phenoxy) is 2. The molecule has 2 amide bonds. The molecule has 9 nitrogen and oxygen atoms in total. The second-order valence-electron chi connectivity index (χ2n) is 6.54. The van der Waals surface area contributed by atoms with Gasteiger partial charge in [-0.05, 0) is 24.3 Å². The molecule has 0 atom stereocenters. The number of rotatable bonds is 6. The van der Waals surface area contributed by atoms with Crippen molar-refractivity contribution in [2.45, 2.75) is 11.3 Å². The first-order chi connectivity index (χ1) is 14.4. The Bertz CT molecular complexity index is 1020. The Hall–Kier alpha value is -2.95. The van der Waals surface area contributed by atoms with Crippen LogP contribution in [0.5, 0.6) is 5.75 Å². The highest BCUT2D eigenvalue weighted by atomic mass is 32.2. The predicted octanol–water partition coefficient (Wildman–Crippen LogP) is 0.720. The minimum Gasteiger partial charge on any atom is -0.496 e. The lowest BCUT2D eigenvalue weighted by atomic mass is 10.1. The van der Waals surface area contributed by atoms with E-state index in [1.807, 2.05) is 0 Å². The molecule has 1 saturated heterocycles. The third-order valence-electron chi connectivity index (χ3n) is 4.56. The van der Waals surface area contributed by atoms with Gasteiger partial charge < -0.3 is 9.47 Å². The lowest BCUT2D eigenvalue weighted by molar-refractivity contribution is -0.121. The van der Waals surface area contributed by atoms with Gasteiger partial charge in [0, 0.05) is 24.2 Å². The fourth-order valence-corrected chi connectivity index (χ4v) is 4.45. The van der Waals surface area contributed by atoms with E-state index in [0.717, 1.165) is 0 Å². The maximum Gasteiger partial charge on any atom is 0.269 e. The van der Waals surface area contributed by atoms with Crippen molar-refractivity contribution in [1.82, 2.24) is 15.2 Å². The average molecular weight is 433 g/mol. The maximum atomic E-state index is 12.7. The van der Waals surface area contributed by atoms with E-state index in [1.165, 1.54) is 35.7 Å². The van der Waals surface area contributed by atoms with Crippen molar-refractivity contribution >= 4 is 21.8 Å². The Morgan fingerprint density at radius 1 is 1.07 bits per heavy atom. The largest absolute Gasteiger partial charge is 0.496 e. The van der Waals surface area contributed by atoms with Crippen molar-refractivity contribution < 1.29 is 27.5 Å². The number of hydrogen-bond acceptors (Lipinski definition) is 6. The highest BCUT2D eigenvalue weighted by Crippen LogP contribution is 2.19. The highest BCUT2D eigenvalue weighted by Gasteiger charge is 2.26. The zero-order valence-corrected chi connectivity index (χ0v) is 17.3. The molecule has 30 heavy (non-hydrogen) atoms. The lowest BCUT2D eigenvalue weighted by Crippen LogP contribution is -2.42. The van der Waals surface area contributed by atoms with Gasteiger partial charge in [0.15, 0.2) is 0 Å². The van der Waals surface area contributed by atoms with Gasteiger partial charge in [0.1, 0.15) is 5.75 Å². The van der Waals surface area contributed by atoms with Gasteiger partial charge in [0.2, 0.25) is 15.9 Å². The van der Waals surface area contributed by atoms with Crippen molar-refractivity contribution in [2.75, 3.05) is 33.4 Å². The topological polar surface area (TPSA) is 114 Å². The molecule has 1 heterocycles. The quantitative estimate of drug-likeness (QED) is 0.649. The molecule has 0 unspecified atom stereocenters. The molecule has 0 radical (unpaired) electrons. The molecule has 0 saturated carbocycles. The molecule has 1 aliphatic heterocycles. The van der Waals surface area contributed by atoms with Gasteiger partial charge in [0.05, 0.1) is 31.6 Å². The first kappa shape index (κ1) is 21.8. The van der Waals surface area contributed by atoms with Gasteiger partial charge in [-0.1, -0.05) is 24.3 Å². The van der Waals surface area contributed by atoms with Crippen LogP contribution in [0.1, 0.15) is 15.9 Å². The van der Waals surface area contributed by atoms with Crippen molar-refractivity contribution in [2.24, 2.45) is 0 Å². The molecule has 1 fully saturated rings. The van der Waals surface area contributed by atoms with Crippen LogP contribution < -0.4 is 15.6 Å². The number of hydrogen-bond donors (Lipinski definition) is 2. The fourth-order valence-electron chi connectivity index (χ4n) is 3.00. The number of morpholine rings is 1. The number of sulfonamides is 1. The Balaban J connectivity index is 1.63. The number of nitrogens with zero attached hydrogens (tertiary/aromatic N) is 1.